The molecule has 0 saturated heterocycles. The summed E-state index contributed by atoms with van der Waals surface area (Å²) >= 11 is 5.98. The number of pyridine rings is 1. The first-order valence-corrected chi connectivity index (χ1v) is 5.26. The van der Waals surface area contributed by atoms with Crippen LogP contribution >= 0.6 is 11.6 Å². The van der Waals surface area contributed by atoms with E-state index in [9.17, 15) is 4.39 Å². The molecule has 0 radical (unpaired) electrons. The fourth-order valence-electron chi connectivity index (χ4n) is 1.96. The van der Waals surface area contributed by atoms with Gasteiger partial charge in [0.05, 0.1) is 0 Å². The second kappa shape index (κ2) is 3.42. The molecular formula is C13H7ClFN. The third-order valence-corrected chi connectivity index (χ3v) is 2.99. The Morgan fingerprint density at radius 3 is 2.75 bits per heavy atom. The summed E-state index contributed by atoms with van der Waals surface area (Å²) in [4.78, 5) is 3.99. The predicted octanol–water partition coefficient (Wildman–Crippen LogP) is 4.18. The maximum atomic E-state index is 13.8. The first-order valence-electron chi connectivity index (χ1n) is 4.89. The summed E-state index contributed by atoms with van der Waals surface area (Å²) in [5.74, 6) is -0.231. The van der Waals surface area contributed by atoms with Crippen LogP contribution in [0.25, 0.3) is 21.5 Å². The molecule has 0 unspecified atom stereocenters. The molecule has 1 heterocycles. The third-order valence-electron chi connectivity index (χ3n) is 2.69. The summed E-state index contributed by atoms with van der Waals surface area (Å²) in [6.07, 6.45) is 1.59. The highest BCUT2D eigenvalue weighted by atomic mass is 35.5. The lowest BCUT2D eigenvalue weighted by Crippen LogP contribution is -1.84. The Bertz CT molecular complexity index is 694. The van der Waals surface area contributed by atoms with Gasteiger partial charge in [-0.2, -0.15) is 0 Å². The molecule has 2 aromatic carbocycles. The zero-order chi connectivity index (χ0) is 11.1. The van der Waals surface area contributed by atoms with Gasteiger partial charge in [-0.3, -0.25) is 0 Å². The molecule has 3 heteroatoms. The van der Waals surface area contributed by atoms with E-state index in [-0.39, 0.29) is 5.82 Å². The Morgan fingerprint density at radius 1 is 1.00 bits per heavy atom. The van der Waals surface area contributed by atoms with Crippen molar-refractivity contribution in [2.75, 3.05) is 0 Å². The van der Waals surface area contributed by atoms with Crippen LogP contribution in [-0.4, -0.2) is 4.98 Å². The number of aromatic nitrogens is 1. The largest absolute Gasteiger partial charge is 0.244 e. The number of halogens is 2. The number of rotatable bonds is 0. The highest BCUT2D eigenvalue weighted by Crippen LogP contribution is 2.30. The van der Waals surface area contributed by atoms with Crippen molar-refractivity contribution in [1.29, 1.82) is 0 Å². The Kier molecular flexibility index (Phi) is 2.04. The van der Waals surface area contributed by atoms with Crippen LogP contribution in [-0.2, 0) is 0 Å². The van der Waals surface area contributed by atoms with E-state index >= 15 is 0 Å². The summed E-state index contributed by atoms with van der Waals surface area (Å²) in [5, 5.41) is 3.46. The number of hydrogen-bond donors (Lipinski definition) is 0. The average Bonchev–Trinajstić information content (AvgIpc) is 2.29. The standard InChI is InChI=1S/C13H7ClFN/c14-13-10-5-4-8-2-1-3-11(15)12(8)9(10)6-7-16-13/h1-7H. The normalized spacial score (nSPS) is 11.1. The lowest BCUT2D eigenvalue weighted by molar-refractivity contribution is 0.640. The number of benzene rings is 2. The van der Waals surface area contributed by atoms with Crippen LogP contribution in [0.15, 0.2) is 42.6 Å². The first-order chi connectivity index (χ1) is 7.77. The number of hydrogen-bond acceptors (Lipinski definition) is 1. The fraction of sp³-hybridized carbons (Fsp3) is 0. The van der Waals surface area contributed by atoms with Crippen molar-refractivity contribution in [2.45, 2.75) is 0 Å². The molecular weight excluding hydrogens is 225 g/mol. The molecule has 0 N–H and O–H groups in total. The van der Waals surface area contributed by atoms with E-state index in [2.05, 4.69) is 4.98 Å². The molecule has 78 valence electrons. The van der Waals surface area contributed by atoms with Crippen LogP contribution < -0.4 is 0 Å². The van der Waals surface area contributed by atoms with Crippen LogP contribution in [0, 0.1) is 5.82 Å². The first kappa shape index (κ1) is 9.55. The van der Waals surface area contributed by atoms with Gasteiger partial charge in [0, 0.05) is 17.0 Å². The van der Waals surface area contributed by atoms with Gasteiger partial charge in [0.25, 0.3) is 0 Å². The minimum Gasteiger partial charge on any atom is -0.244 e. The van der Waals surface area contributed by atoms with Crippen LogP contribution in [0.4, 0.5) is 4.39 Å². The molecule has 0 spiro atoms. The summed E-state index contributed by atoms with van der Waals surface area (Å²) in [6, 6.07) is 10.5. The van der Waals surface area contributed by atoms with Gasteiger partial charge in [-0.1, -0.05) is 35.9 Å². The van der Waals surface area contributed by atoms with Crippen molar-refractivity contribution >= 4 is 33.1 Å². The quantitative estimate of drug-likeness (QED) is 0.418. The molecule has 0 fully saturated rings. The van der Waals surface area contributed by atoms with Crippen molar-refractivity contribution in [1.82, 2.24) is 4.98 Å². The van der Waals surface area contributed by atoms with Gasteiger partial charge >= 0.3 is 0 Å². The Hall–Kier alpha value is -1.67. The molecule has 0 amide bonds. The predicted molar refractivity (Wildman–Crippen MR) is 64.2 cm³/mol. The van der Waals surface area contributed by atoms with Crippen molar-refractivity contribution < 1.29 is 4.39 Å². The number of nitrogens with zero attached hydrogens (tertiary/aromatic N) is 1. The Morgan fingerprint density at radius 2 is 1.88 bits per heavy atom. The lowest BCUT2D eigenvalue weighted by atomic mass is 10.0. The molecule has 0 saturated carbocycles. The summed E-state index contributed by atoms with van der Waals surface area (Å²) in [6.45, 7) is 0. The molecule has 0 aliphatic heterocycles. The van der Waals surface area contributed by atoms with Gasteiger partial charge < -0.3 is 0 Å². The molecule has 1 nitrogen and oxygen atoms in total. The topological polar surface area (TPSA) is 12.9 Å². The zero-order valence-electron chi connectivity index (χ0n) is 8.24. The van der Waals surface area contributed by atoms with E-state index in [4.69, 9.17) is 11.6 Å². The highest BCUT2D eigenvalue weighted by molar-refractivity contribution is 6.35. The van der Waals surface area contributed by atoms with Gasteiger partial charge in [-0.05, 0) is 22.9 Å². The monoisotopic (exact) mass is 231 g/mol. The van der Waals surface area contributed by atoms with Crippen molar-refractivity contribution in [3.8, 4) is 0 Å². The maximum absolute atomic E-state index is 13.8. The van der Waals surface area contributed by atoms with Crippen molar-refractivity contribution in [3.63, 3.8) is 0 Å². The molecule has 1 aromatic heterocycles. The minimum atomic E-state index is -0.231. The van der Waals surface area contributed by atoms with Gasteiger partial charge in [0.1, 0.15) is 11.0 Å². The third kappa shape index (κ3) is 1.27. The smallest absolute Gasteiger partial charge is 0.136 e. The van der Waals surface area contributed by atoms with E-state index in [1.807, 2.05) is 18.2 Å². The van der Waals surface area contributed by atoms with E-state index in [1.54, 1.807) is 18.3 Å². The van der Waals surface area contributed by atoms with Gasteiger partial charge in [-0.15, -0.1) is 0 Å². The molecule has 0 bridgehead atoms. The van der Waals surface area contributed by atoms with Crippen LogP contribution in [0.2, 0.25) is 5.15 Å². The van der Waals surface area contributed by atoms with Gasteiger partial charge in [-0.25, -0.2) is 9.37 Å². The van der Waals surface area contributed by atoms with Crippen LogP contribution in [0.5, 0.6) is 0 Å². The molecule has 0 atom stereocenters. The lowest BCUT2D eigenvalue weighted by Gasteiger charge is -2.05. The number of fused-ring (bicyclic) bond motifs is 3. The van der Waals surface area contributed by atoms with Crippen LogP contribution in [0.3, 0.4) is 0 Å². The van der Waals surface area contributed by atoms with Crippen molar-refractivity contribution in [3.05, 3.63) is 53.6 Å². The SMILES string of the molecule is Fc1cccc2ccc3c(Cl)nccc3c12. The highest BCUT2D eigenvalue weighted by Gasteiger charge is 2.07. The summed E-state index contributed by atoms with van der Waals surface area (Å²) in [7, 11) is 0. The van der Waals surface area contributed by atoms with E-state index < -0.39 is 0 Å². The van der Waals surface area contributed by atoms with Crippen LogP contribution in [0.1, 0.15) is 0 Å². The maximum Gasteiger partial charge on any atom is 0.136 e. The Labute approximate surface area is 96.5 Å². The zero-order valence-corrected chi connectivity index (χ0v) is 9.00. The summed E-state index contributed by atoms with van der Waals surface area (Å²) < 4.78 is 13.8. The molecule has 0 aliphatic carbocycles. The fourth-order valence-corrected chi connectivity index (χ4v) is 2.18. The Balaban J connectivity index is 2.64. The second-order valence-electron chi connectivity index (χ2n) is 3.60. The van der Waals surface area contributed by atoms with Crippen molar-refractivity contribution in [2.24, 2.45) is 0 Å². The van der Waals surface area contributed by atoms with E-state index in [0.717, 1.165) is 16.2 Å². The minimum absolute atomic E-state index is 0.231. The van der Waals surface area contributed by atoms with Gasteiger partial charge in [0.2, 0.25) is 0 Å². The molecule has 0 aliphatic rings. The van der Waals surface area contributed by atoms with E-state index in [1.165, 1.54) is 6.07 Å². The molecule has 16 heavy (non-hydrogen) atoms. The molecule has 3 aromatic rings. The second-order valence-corrected chi connectivity index (χ2v) is 3.96. The van der Waals surface area contributed by atoms with E-state index in [0.29, 0.717) is 10.5 Å². The summed E-state index contributed by atoms with van der Waals surface area (Å²) in [5.41, 5.74) is 0. The van der Waals surface area contributed by atoms with Gasteiger partial charge in [0.15, 0.2) is 0 Å². The molecule has 3 rings (SSSR count). The average molecular weight is 232 g/mol.